The predicted molar refractivity (Wildman–Crippen MR) is 115 cm³/mol. The summed E-state index contributed by atoms with van der Waals surface area (Å²) in [4.78, 5) is 11.7. The number of guanidine groups is 1. The van der Waals surface area contributed by atoms with Crippen molar-refractivity contribution < 1.29 is 4.52 Å². The van der Waals surface area contributed by atoms with Gasteiger partial charge in [-0.1, -0.05) is 38.3 Å². The maximum Gasteiger partial charge on any atom is 0.228 e. The first kappa shape index (κ1) is 21.4. The minimum absolute atomic E-state index is 0. The van der Waals surface area contributed by atoms with Gasteiger partial charge in [-0.3, -0.25) is 4.99 Å². The zero-order chi connectivity index (χ0) is 17.7. The molecule has 1 aromatic heterocycles. The molecule has 1 N–H and O–H groups in total. The van der Waals surface area contributed by atoms with Crippen LogP contribution in [0, 0.1) is 5.41 Å². The summed E-state index contributed by atoms with van der Waals surface area (Å²) in [7, 11) is 0. The highest BCUT2D eigenvalue weighted by Crippen LogP contribution is 2.43. The number of aliphatic imine (C=N–C) groups is 1. The van der Waals surface area contributed by atoms with Gasteiger partial charge in [0.05, 0.1) is 6.54 Å². The average molecular weight is 475 g/mol. The van der Waals surface area contributed by atoms with Gasteiger partial charge >= 0.3 is 0 Å². The van der Waals surface area contributed by atoms with Crippen molar-refractivity contribution in [2.75, 3.05) is 26.2 Å². The predicted octanol–water partition coefficient (Wildman–Crippen LogP) is 3.98. The highest BCUT2D eigenvalue weighted by molar-refractivity contribution is 14.0. The lowest BCUT2D eigenvalue weighted by Crippen LogP contribution is -2.41. The zero-order valence-corrected chi connectivity index (χ0v) is 18.8. The fourth-order valence-electron chi connectivity index (χ4n) is 4.11. The maximum absolute atomic E-state index is 5.32. The van der Waals surface area contributed by atoms with Crippen molar-refractivity contribution >= 4 is 29.9 Å². The largest absolute Gasteiger partial charge is 0.357 e. The van der Waals surface area contributed by atoms with Gasteiger partial charge in [-0.25, -0.2) is 0 Å². The minimum atomic E-state index is 0. The summed E-state index contributed by atoms with van der Waals surface area (Å²) in [5, 5.41) is 7.49. The van der Waals surface area contributed by atoms with E-state index >= 15 is 0 Å². The van der Waals surface area contributed by atoms with Crippen molar-refractivity contribution in [3.05, 3.63) is 11.7 Å². The van der Waals surface area contributed by atoms with Gasteiger partial charge in [-0.15, -0.1) is 24.0 Å². The smallest absolute Gasteiger partial charge is 0.228 e. The summed E-state index contributed by atoms with van der Waals surface area (Å²) in [6, 6.07) is 0. The van der Waals surface area contributed by atoms with Gasteiger partial charge in [0, 0.05) is 32.0 Å². The number of hydrogen-bond donors (Lipinski definition) is 1. The molecule has 1 aliphatic heterocycles. The molecule has 0 atom stereocenters. The second-order valence-corrected chi connectivity index (χ2v) is 7.92. The molecule has 1 aromatic rings. The maximum atomic E-state index is 5.32. The van der Waals surface area contributed by atoms with Crippen LogP contribution in [0.4, 0.5) is 0 Å². The van der Waals surface area contributed by atoms with E-state index < -0.39 is 0 Å². The molecule has 0 bridgehead atoms. The zero-order valence-electron chi connectivity index (χ0n) is 16.5. The second kappa shape index (κ2) is 9.90. The molecule has 2 heterocycles. The molecule has 26 heavy (non-hydrogen) atoms. The van der Waals surface area contributed by atoms with Gasteiger partial charge in [0.2, 0.25) is 5.89 Å². The van der Waals surface area contributed by atoms with Crippen LogP contribution < -0.4 is 5.32 Å². The second-order valence-electron chi connectivity index (χ2n) is 7.92. The molecule has 1 aliphatic carbocycles. The summed E-state index contributed by atoms with van der Waals surface area (Å²) < 4.78 is 5.32. The highest BCUT2D eigenvalue weighted by Gasteiger charge is 2.39. The van der Waals surface area contributed by atoms with Crippen LogP contribution in [0.1, 0.15) is 76.9 Å². The van der Waals surface area contributed by atoms with E-state index in [1.54, 1.807) is 0 Å². The van der Waals surface area contributed by atoms with E-state index in [1.165, 1.54) is 38.5 Å². The molecule has 0 unspecified atom stereocenters. The van der Waals surface area contributed by atoms with Gasteiger partial charge in [0.1, 0.15) is 0 Å². The Labute approximate surface area is 174 Å². The topological polar surface area (TPSA) is 66.5 Å². The molecule has 7 heteroatoms. The number of nitrogens with one attached hydrogen (secondary N) is 1. The van der Waals surface area contributed by atoms with Crippen LogP contribution in [0.3, 0.4) is 0 Å². The standard InChI is InChI=1S/C19H33N5O.HI/c1-4-20-18(21-12-8-16-22-17(15(2)3)23-25-16)24-13-11-19(14-24)9-6-5-7-10-19;/h15H,4-14H2,1-3H3,(H,20,21);1H. The molecule has 6 nitrogen and oxygen atoms in total. The summed E-state index contributed by atoms with van der Waals surface area (Å²) in [6.07, 6.45) is 9.02. The van der Waals surface area contributed by atoms with Crippen LogP contribution in [0.25, 0.3) is 0 Å². The van der Waals surface area contributed by atoms with Gasteiger partial charge < -0.3 is 14.7 Å². The van der Waals surface area contributed by atoms with E-state index in [9.17, 15) is 0 Å². The third-order valence-electron chi connectivity index (χ3n) is 5.57. The van der Waals surface area contributed by atoms with Crippen molar-refractivity contribution in [1.82, 2.24) is 20.4 Å². The molecule has 3 rings (SSSR count). The summed E-state index contributed by atoms with van der Waals surface area (Å²) >= 11 is 0. The Morgan fingerprint density at radius 3 is 2.69 bits per heavy atom. The molecule has 1 saturated heterocycles. The third-order valence-corrected chi connectivity index (χ3v) is 5.57. The fourth-order valence-corrected chi connectivity index (χ4v) is 4.11. The first-order valence-electron chi connectivity index (χ1n) is 9.98. The van der Waals surface area contributed by atoms with Crippen molar-refractivity contribution in [3.8, 4) is 0 Å². The van der Waals surface area contributed by atoms with E-state index in [0.717, 1.165) is 31.4 Å². The normalized spacial score (nSPS) is 19.8. The number of aromatic nitrogens is 2. The number of hydrogen-bond acceptors (Lipinski definition) is 4. The monoisotopic (exact) mass is 475 g/mol. The lowest BCUT2D eigenvalue weighted by atomic mass is 9.73. The average Bonchev–Trinajstić information content (AvgIpc) is 3.23. The SMILES string of the molecule is CCNC(=NCCc1nc(C(C)C)no1)N1CCC2(CCCCC2)C1.I. The van der Waals surface area contributed by atoms with Gasteiger partial charge in [0.25, 0.3) is 0 Å². The molecular weight excluding hydrogens is 441 g/mol. The molecule has 0 radical (unpaired) electrons. The number of rotatable bonds is 5. The molecule has 1 spiro atoms. The first-order chi connectivity index (χ1) is 12.1. The Kier molecular flexibility index (Phi) is 8.16. The summed E-state index contributed by atoms with van der Waals surface area (Å²) in [5.41, 5.74) is 0.549. The Morgan fingerprint density at radius 2 is 2.04 bits per heavy atom. The van der Waals surface area contributed by atoms with Gasteiger partial charge in [-0.2, -0.15) is 4.98 Å². The molecule has 0 amide bonds. The van der Waals surface area contributed by atoms with E-state index in [-0.39, 0.29) is 24.0 Å². The Balaban J connectivity index is 0.00000243. The lowest BCUT2D eigenvalue weighted by Gasteiger charge is -2.33. The minimum Gasteiger partial charge on any atom is -0.357 e. The number of halogens is 1. The molecular formula is C19H34IN5O. The third kappa shape index (κ3) is 5.33. The van der Waals surface area contributed by atoms with Crippen LogP contribution in [-0.4, -0.2) is 47.2 Å². The molecule has 2 fully saturated rings. The van der Waals surface area contributed by atoms with E-state index in [4.69, 9.17) is 9.52 Å². The van der Waals surface area contributed by atoms with Crippen molar-refractivity contribution in [2.24, 2.45) is 10.4 Å². The first-order valence-corrected chi connectivity index (χ1v) is 9.98. The van der Waals surface area contributed by atoms with E-state index in [1.807, 2.05) is 0 Å². The van der Waals surface area contributed by atoms with Crippen LogP contribution in [0.15, 0.2) is 9.52 Å². The van der Waals surface area contributed by atoms with Crippen LogP contribution >= 0.6 is 24.0 Å². The highest BCUT2D eigenvalue weighted by atomic mass is 127. The van der Waals surface area contributed by atoms with Crippen molar-refractivity contribution in [3.63, 3.8) is 0 Å². The van der Waals surface area contributed by atoms with Crippen molar-refractivity contribution in [1.29, 1.82) is 0 Å². The van der Waals surface area contributed by atoms with Crippen LogP contribution in [-0.2, 0) is 6.42 Å². The summed E-state index contributed by atoms with van der Waals surface area (Å²) in [6.45, 7) is 10.2. The Hall–Kier alpha value is -0.860. The summed E-state index contributed by atoms with van der Waals surface area (Å²) in [5.74, 6) is 2.82. The molecule has 2 aliphatic rings. The number of nitrogens with zero attached hydrogens (tertiary/aromatic N) is 4. The fraction of sp³-hybridized carbons (Fsp3) is 0.842. The molecule has 148 valence electrons. The molecule has 0 aromatic carbocycles. The Bertz CT molecular complexity index is 580. The lowest BCUT2D eigenvalue weighted by molar-refractivity contribution is 0.203. The van der Waals surface area contributed by atoms with Crippen LogP contribution in [0.5, 0.6) is 0 Å². The van der Waals surface area contributed by atoms with Crippen molar-refractivity contribution in [2.45, 2.75) is 71.6 Å². The van der Waals surface area contributed by atoms with E-state index in [0.29, 0.717) is 30.2 Å². The Morgan fingerprint density at radius 1 is 1.27 bits per heavy atom. The van der Waals surface area contributed by atoms with Gasteiger partial charge in [-0.05, 0) is 31.6 Å². The van der Waals surface area contributed by atoms with E-state index in [2.05, 4.69) is 41.1 Å². The number of likely N-dealkylation sites (tertiary alicyclic amines) is 1. The van der Waals surface area contributed by atoms with Gasteiger partial charge in [0.15, 0.2) is 11.8 Å². The quantitative estimate of drug-likeness (QED) is 0.397. The molecule has 1 saturated carbocycles. The van der Waals surface area contributed by atoms with Crippen LogP contribution in [0.2, 0.25) is 0 Å².